The zero-order valence-electron chi connectivity index (χ0n) is 20.6. The van der Waals surface area contributed by atoms with Crippen LogP contribution in [0.1, 0.15) is 42.4 Å². The van der Waals surface area contributed by atoms with E-state index in [0.29, 0.717) is 36.9 Å². The number of unbranched alkanes of at least 4 members (excludes halogenated alkanes) is 2. The van der Waals surface area contributed by atoms with E-state index >= 15 is 0 Å². The van der Waals surface area contributed by atoms with Crippen LogP contribution in [0.4, 0.5) is 0 Å². The Kier molecular flexibility index (Phi) is 9.22. The highest BCUT2D eigenvalue weighted by Gasteiger charge is 2.11. The highest BCUT2D eigenvalue weighted by atomic mass is 35.5. The molecular formula is C29H32ClN3O3. The van der Waals surface area contributed by atoms with Crippen LogP contribution in [0, 0.1) is 0 Å². The van der Waals surface area contributed by atoms with E-state index in [1.54, 1.807) is 24.3 Å². The zero-order valence-corrected chi connectivity index (χ0v) is 21.3. The fourth-order valence-corrected chi connectivity index (χ4v) is 4.27. The quantitative estimate of drug-likeness (QED) is 0.216. The van der Waals surface area contributed by atoms with Gasteiger partial charge in [0.05, 0.1) is 24.2 Å². The molecule has 0 spiro atoms. The van der Waals surface area contributed by atoms with Crippen molar-refractivity contribution in [1.29, 1.82) is 0 Å². The molecule has 3 aromatic carbocycles. The van der Waals surface area contributed by atoms with Crippen molar-refractivity contribution >= 4 is 28.5 Å². The SMILES string of the molecule is CCOc1ccccc1OCCn1c(CCCCCNC(=O)c2ccc(Cl)cc2)nc2ccccc21. The van der Waals surface area contributed by atoms with Crippen LogP contribution < -0.4 is 14.8 Å². The smallest absolute Gasteiger partial charge is 0.251 e. The summed E-state index contributed by atoms with van der Waals surface area (Å²) in [5, 5.41) is 3.60. The molecule has 0 aliphatic heterocycles. The monoisotopic (exact) mass is 505 g/mol. The Bertz CT molecular complexity index is 1270. The van der Waals surface area contributed by atoms with Gasteiger partial charge in [0.1, 0.15) is 12.4 Å². The average Bonchev–Trinajstić information content (AvgIpc) is 3.25. The first kappa shape index (κ1) is 25.6. The molecule has 1 N–H and O–H groups in total. The van der Waals surface area contributed by atoms with Gasteiger partial charge in [0.25, 0.3) is 5.91 Å². The lowest BCUT2D eigenvalue weighted by Gasteiger charge is -2.13. The Labute approximate surface area is 217 Å². The van der Waals surface area contributed by atoms with Gasteiger partial charge in [-0.25, -0.2) is 4.98 Å². The Hall–Kier alpha value is -3.51. The number of nitrogens with one attached hydrogen (secondary N) is 1. The summed E-state index contributed by atoms with van der Waals surface area (Å²) in [4.78, 5) is 17.1. The number of carbonyl (C=O) groups excluding carboxylic acids is 1. The van der Waals surface area contributed by atoms with Gasteiger partial charge >= 0.3 is 0 Å². The molecule has 0 aliphatic carbocycles. The zero-order chi connectivity index (χ0) is 25.2. The number of benzene rings is 3. The van der Waals surface area contributed by atoms with Crippen LogP contribution >= 0.6 is 11.6 Å². The first-order chi connectivity index (χ1) is 17.7. The van der Waals surface area contributed by atoms with Gasteiger partial charge in [0.2, 0.25) is 0 Å². The maximum Gasteiger partial charge on any atom is 0.251 e. The number of aryl methyl sites for hydroxylation is 1. The minimum Gasteiger partial charge on any atom is -0.490 e. The van der Waals surface area contributed by atoms with Crippen LogP contribution in [0.2, 0.25) is 5.02 Å². The molecule has 7 heteroatoms. The van der Waals surface area contributed by atoms with E-state index in [4.69, 9.17) is 26.1 Å². The van der Waals surface area contributed by atoms with E-state index in [9.17, 15) is 4.79 Å². The van der Waals surface area contributed by atoms with Crippen molar-refractivity contribution in [3.8, 4) is 11.5 Å². The first-order valence-electron chi connectivity index (χ1n) is 12.5. The number of para-hydroxylation sites is 4. The molecule has 0 saturated carbocycles. The Balaban J connectivity index is 1.28. The summed E-state index contributed by atoms with van der Waals surface area (Å²) in [6, 6.07) is 22.9. The molecule has 4 rings (SSSR count). The van der Waals surface area contributed by atoms with E-state index < -0.39 is 0 Å². The molecule has 36 heavy (non-hydrogen) atoms. The van der Waals surface area contributed by atoms with E-state index in [1.807, 2.05) is 49.4 Å². The Morgan fingerprint density at radius 1 is 0.917 bits per heavy atom. The van der Waals surface area contributed by atoms with Gasteiger partial charge in [-0.05, 0) is 68.3 Å². The van der Waals surface area contributed by atoms with Crippen LogP contribution in [-0.2, 0) is 13.0 Å². The molecule has 0 aliphatic rings. The van der Waals surface area contributed by atoms with Crippen molar-refractivity contribution in [3.05, 3.63) is 89.2 Å². The van der Waals surface area contributed by atoms with Crippen molar-refractivity contribution in [2.75, 3.05) is 19.8 Å². The summed E-state index contributed by atoms with van der Waals surface area (Å²) < 4.78 is 14.0. The number of imidazole rings is 1. The van der Waals surface area contributed by atoms with E-state index in [1.165, 1.54) is 0 Å². The second-order valence-corrected chi connectivity index (χ2v) is 8.91. The Morgan fingerprint density at radius 3 is 2.42 bits per heavy atom. The number of ether oxygens (including phenoxy) is 2. The topological polar surface area (TPSA) is 65.4 Å². The first-order valence-corrected chi connectivity index (χ1v) is 12.9. The van der Waals surface area contributed by atoms with Crippen LogP contribution in [0.25, 0.3) is 11.0 Å². The van der Waals surface area contributed by atoms with Gasteiger partial charge in [-0.2, -0.15) is 0 Å². The largest absolute Gasteiger partial charge is 0.490 e. The van der Waals surface area contributed by atoms with Crippen molar-refractivity contribution in [2.45, 2.75) is 39.2 Å². The molecule has 0 saturated heterocycles. The molecule has 1 amide bonds. The summed E-state index contributed by atoms with van der Waals surface area (Å²) in [7, 11) is 0. The molecule has 1 heterocycles. The Morgan fingerprint density at radius 2 is 1.64 bits per heavy atom. The van der Waals surface area contributed by atoms with Gasteiger partial charge in [0.15, 0.2) is 11.5 Å². The molecule has 0 fully saturated rings. The molecular weight excluding hydrogens is 474 g/mol. The lowest BCUT2D eigenvalue weighted by molar-refractivity contribution is 0.0953. The van der Waals surface area contributed by atoms with E-state index in [0.717, 1.165) is 54.0 Å². The van der Waals surface area contributed by atoms with Crippen molar-refractivity contribution in [3.63, 3.8) is 0 Å². The van der Waals surface area contributed by atoms with Gasteiger partial charge < -0.3 is 19.4 Å². The normalized spacial score (nSPS) is 10.9. The molecule has 0 unspecified atom stereocenters. The molecule has 188 valence electrons. The predicted molar refractivity (Wildman–Crippen MR) is 144 cm³/mol. The number of fused-ring (bicyclic) bond motifs is 1. The van der Waals surface area contributed by atoms with Crippen molar-refractivity contribution in [2.24, 2.45) is 0 Å². The van der Waals surface area contributed by atoms with Gasteiger partial charge in [0, 0.05) is 23.6 Å². The van der Waals surface area contributed by atoms with E-state index in [-0.39, 0.29) is 5.91 Å². The van der Waals surface area contributed by atoms with Crippen LogP contribution in [-0.4, -0.2) is 35.2 Å². The number of hydrogen-bond donors (Lipinski definition) is 1. The highest BCUT2D eigenvalue weighted by Crippen LogP contribution is 2.26. The lowest BCUT2D eigenvalue weighted by atomic mass is 10.1. The predicted octanol–water partition coefficient (Wildman–Crippen LogP) is 6.31. The average molecular weight is 506 g/mol. The fourth-order valence-electron chi connectivity index (χ4n) is 4.15. The molecule has 0 bridgehead atoms. The van der Waals surface area contributed by atoms with Gasteiger partial charge in [-0.15, -0.1) is 0 Å². The molecule has 0 atom stereocenters. The fraction of sp³-hybridized carbons (Fsp3) is 0.310. The summed E-state index contributed by atoms with van der Waals surface area (Å²) in [5.41, 5.74) is 2.74. The minimum atomic E-state index is -0.0700. The number of rotatable bonds is 13. The summed E-state index contributed by atoms with van der Waals surface area (Å²) in [5.74, 6) is 2.51. The lowest BCUT2D eigenvalue weighted by Crippen LogP contribution is -2.24. The summed E-state index contributed by atoms with van der Waals surface area (Å²) in [6.07, 6.45) is 3.78. The van der Waals surface area contributed by atoms with Crippen LogP contribution in [0.15, 0.2) is 72.8 Å². The maximum atomic E-state index is 12.2. The van der Waals surface area contributed by atoms with Crippen LogP contribution in [0.3, 0.4) is 0 Å². The number of aromatic nitrogens is 2. The number of hydrogen-bond acceptors (Lipinski definition) is 4. The standard InChI is InChI=1S/C29H32ClN3O3/c1-2-35-26-12-7-8-13-27(26)36-21-20-33-25-11-6-5-10-24(25)32-28(33)14-4-3-9-19-31-29(34)22-15-17-23(30)18-16-22/h5-8,10-13,15-18H,2-4,9,14,19-21H2,1H3,(H,31,34). The summed E-state index contributed by atoms with van der Waals surface area (Å²) >= 11 is 5.89. The van der Waals surface area contributed by atoms with Crippen molar-refractivity contribution < 1.29 is 14.3 Å². The number of halogens is 1. The molecule has 6 nitrogen and oxygen atoms in total. The third-order valence-corrected chi connectivity index (χ3v) is 6.18. The molecule has 4 aromatic rings. The third kappa shape index (κ3) is 6.79. The van der Waals surface area contributed by atoms with Crippen LogP contribution in [0.5, 0.6) is 11.5 Å². The van der Waals surface area contributed by atoms with E-state index in [2.05, 4.69) is 16.0 Å². The second kappa shape index (κ2) is 13.0. The second-order valence-electron chi connectivity index (χ2n) is 8.47. The third-order valence-electron chi connectivity index (χ3n) is 5.92. The molecule has 1 aromatic heterocycles. The molecule has 0 radical (unpaired) electrons. The van der Waals surface area contributed by atoms with Gasteiger partial charge in [-0.1, -0.05) is 42.3 Å². The maximum absolute atomic E-state index is 12.2. The number of nitrogens with zero attached hydrogens (tertiary/aromatic N) is 2. The van der Waals surface area contributed by atoms with Gasteiger partial charge in [-0.3, -0.25) is 4.79 Å². The highest BCUT2D eigenvalue weighted by molar-refractivity contribution is 6.30. The number of amides is 1. The van der Waals surface area contributed by atoms with Crippen molar-refractivity contribution in [1.82, 2.24) is 14.9 Å². The number of carbonyl (C=O) groups is 1. The minimum absolute atomic E-state index is 0.0700. The summed E-state index contributed by atoms with van der Waals surface area (Å²) in [6.45, 7) is 4.43.